The van der Waals surface area contributed by atoms with Gasteiger partial charge in [-0.15, -0.1) is 0 Å². The van der Waals surface area contributed by atoms with Gasteiger partial charge in [0.25, 0.3) is 0 Å². The Morgan fingerprint density at radius 3 is 2.59 bits per heavy atom. The van der Waals surface area contributed by atoms with Crippen molar-refractivity contribution in [3.8, 4) is 5.75 Å². The lowest BCUT2D eigenvalue weighted by atomic mass is 9.96. The van der Waals surface area contributed by atoms with Crippen LogP contribution < -0.4 is 4.74 Å². The van der Waals surface area contributed by atoms with Crippen LogP contribution in [-0.2, 0) is 17.8 Å². The van der Waals surface area contributed by atoms with Crippen molar-refractivity contribution in [2.45, 2.75) is 19.5 Å². The number of nitrogens with zero attached hydrogens (tertiary/aromatic N) is 3. The second-order valence-corrected chi connectivity index (χ2v) is 7.27. The second-order valence-electron chi connectivity index (χ2n) is 7.27. The van der Waals surface area contributed by atoms with Gasteiger partial charge in [-0.1, -0.05) is 42.5 Å². The molecule has 0 aromatic heterocycles. The largest absolute Gasteiger partial charge is 0.497 e. The van der Waals surface area contributed by atoms with Gasteiger partial charge in [0.2, 0.25) is 0 Å². The zero-order valence-corrected chi connectivity index (χ0v) is 15.9. The summed E-state index contributed by atoms with van der Waals surface area (Å²) < 4.78 is 11.2. The van der Waals surface area contributed by atoms with Crippen LogP contribution in [0.5, 0.6) is 5.75 Å². The highest BCUT2D eigenvalue weighted by Gasteiger charge is 2.28. The molecule has 1 unspecified atom stereocenters. The Morgan fingerprint density at radius 2 is 1.81 bits per heavy atom. The number of ether oxygens (including phenoxy) is 2. The van der Waals surface area contributed by atoms with Crippen molar-refractivity contribution in [1.82, 2.24) is 9.91 Å². The monoisotopic (exact) mass is 365 g/mol. The number of fused-ring (bicyclic) bond motifs is 1. The molecule has 0 amide bonds. The standard InChI is InChI=1S/C22H27N3O2/c1-26-21-9-7-19(8-10-21)13-24-12-11-22-20(15-24)16-27-17-25(23-22)14-18-5-3-2-4-6-18/h2-10,20H,11-17H2,1H3. The predicted octanol–water partition coefficient (Wildman–Crippen LogP) is 3.36. The van der Waals surface area contributed by atoms with E-state index >= 15 is 0 Å². The lowest BCUT2D eigenvalue weighted by Gasteiger charge is -2.32. The molecule has 5 nitrogen and oxygen atoms in total. The SMILES string of the molecule is COc1ccc(CN2CCC3=NN(Cc4ccccc4)COCC3C2)cc1. The van der Waals surface area contributed by atoms with Gasteiger partial charge in [-0.05, 0) is 23.3 Å². The molecular weight excluding hydrogens is 338 g/mol. The highest BCUT2D eigenvalue weighted by molar-refractivity contribution is 5.87. The summed E-state index contributed by atoms with van der Waals surface area (Å²) in [5.74, 6) is 1.29. The Bertz CT molecular complexity index is 761. The molecule has 27 heavy (non-hydrogen) atoms. The molecule has 5 heteroatoms. The van der Waals surface area contributed by atoms with Crippen LogP contribution >= 0.6 is 0 Å². The highest BCUT2D eigenvalue weighted by Crippen LogP contribution is 2.22. The van der Waals surface area contributed by atoms with Crippen molar-refractivity contribution in [3.63, 3.8) is 0 Å². The third-order valence-corrected chi connectivity index (χ3v) is 5.24. The fourth-order valence-corrected chi connectivity index (χ4v) is 3.78. The molecule has 0 aliphatic carbocycles. The first-order valence-corrected chi connectivity index (χ1v) is 9.59. The average Bonchev–Trinajstić information content (AvgIpc) is 2.91. The maximum atomic E-state index is 5.95. The van der Waals surface area contributed by atoms with Crippen molar-refractivity contribution >= 4 is 5.71 Å². The summed E-state index contributed by atoms with van der Waals surface area (Å²) in [5, 5.41) is 7.00. The third kappa shape index (κ3) is 4.67. The fraction of sp³-hybridized carbons (Fsp3) is 0.409. The predicted molar refractivity (Wildman–Crippen MR) is 107 cm³/mol. The van der Waals surface area contributed by atoms with Gasteiger partial charge in [-0.3, -0.25) is 9.91 Å². The number of rotatable bonds is 5. The third-order valence-electron chi connectivity index (χ3n) is 5.24. The van der Waals surface area contributed by atoms with Gasteiger partial charge in [-0.25, -0.2) is 0 Å². The maximum Gasteiger partial charge on any atom is 0.135 e. The van der Waals surface area contributed by atoms with Crippen molar-refractivity contribution in [2.75, 3.05) is 33.5 Å². The molecule has 2 aliphatic heterocycles. The molecule has 0 N–H and O–H groups in total. The zero-order valence-electron chi connectivity index (χ0n) is 15.9. The van der Waals surface area contributed by atoms with E-state index in [1.807, 2.05) is 18.2 Å². The van der Waals surface area contributed by atoms with Crippen LogP contribution in [0.2, 0.25) is 0 Å². The van der Waals surface area contributed by atoms with Gasteiger partial charge < -0.3 is 9.47 Å². The molecule has 2 aromatic carbocycles. The van der Waals surface area contributed by atoms with Gasteiger partial charge in [-0.2, -0.15) is 5.10 Å². The van der Waals surface area contributed by atoms with Crippen molar-refractivity contribution < 1.29 is 9.47 Å². The number of hydrazone groups is 1. The van der Waals surface area contributed by atoms with Gasteiger partial charge in [0, 0.05) is 37.7 Å². The number of piperidine rings is 1. The van der Waals surface area contributed by atoms with Crippen LogP contribution in [0.25, 0.3) is 0 Å². The van der Waals surface area contributed by atoms with E-state index in [4.69, 9.17) is 14.6 Å². The molecule has 1 fully saturated rings. The number of methoxy groups -OCH3 is 1. The number of hydrogen-bond acceptors (Lipinski definition) is 5. The smallest absolute Gasteiger partial charge is 0.135 e. The van der Waals surface area contributed by atoms with Crippen molar-refractivity contribution in [3.05, 3.63) is 65.7 Å². The van der Waals surface area contributed by atoms with Crippen LogP contribution in [0.1, 0.15) is 17.5 Å². The summed E-state index contributed by atoms with van der Waals surface area (Å²) in [7, 11) is 1.70. The van der Waals surface area contributed by atoms with E-state index in [-0.39, 0.29) is 0 Å². The highest BCUT2D eigenvalue weighted by atomic mass is 16.5. The molecular formula is C22H27N3O2. The van der Waals surface area contributed by atoms with Gasteiger partial charge >= 0.3 is 0 Å². The normalized spacial score (nSPS) is 20.6. The molecule has 0 saturated carbocycles. The van der Waals surface area contributed by atoms with Crippen LogP contribution in [-0.4, -0.2) is 49.2 Å². The summed E-state index contributed by atoms with van der Waals surface area (Å²) in [6.07, 6.45) is 1.01. The molecule has 4 rings (SSSR count). The first kappa shape index (κ1) is 18.0. The van der Waals surface area contributed by atoms with Gasteiger partial charge in [0.05, 0.1) is 20.3 Å². The Kier molecular flexibility index (Phi) is 5.70. The Morgan fingerprint density at radius 1 is 1.04 bits per heavy atom. The van der Waals surface area contributed by atoms with E-state index in [0.29, 0.717) is 12.6 Å². The summed E-state index contributed by atoms with van der Waals surface area (Å²) in [5.41, 5.74) is 3.87. The molecule has 142 valence electrons. The minimum absolute atomic E-state index is 0.387. The minimum atomic E-state index is 0.387. The molecule has 0 radical (unpaired) electrons. The summed E-state index contributed by atoms with van der Waals surface area (Å²) in [6, 6.07) is 18.8. The number of benzene rings is 2. The Balaban J connectivity index is 1.37. The Labute approximate surface area is 161 Å². The Hall–Kier alpha value is -2.37. The molecule has 1 atom stereocenters. The quantitative estimate of drug-likeness (QED) is 0.814. The minimum Gasteiger partial charge on any atom is -0.497 e. The van der Waals surface area contributed by atoms with E-state index in [1.165, 1.54) is 16.8 Å². The molecule has 2 heterocycles. The van der Waals surface area contributed by atoms with E-state index in [9.17, 15) is 0 Å². The molecule has 0 bridgehead atoms. The lowest BCUT2D eigenvalue weighted by Crippen LogP contribution is -2.42. The number of likely N-dealkylation sites (tertiary alicyclic amines) is 1. The lowest BCUT2D eigenvalue weighted by molar-refractivity contribution is 0.0221. The summed E-state index contributed by atoms with van der Waals surface area (Å²) in [6.45, 7) is 5.12. The van der Waals surface area contributed by atoms with E-state index in [1.54, 1.807) is 7.11 Å². The zero-order chi connectivity index (χ0) is 18.5. The first-order valence-electron chi connectivity index (χ1n) is 9.59. The van der Waals surface area contributed by atoms with E-state index in [0.717, 1.165) is 45.0 Å². The first-order chi connectivity index (χ1) is 13.3. The second kappa shape index (κ2) is 8.55. The van der Waals surface area contributed by atoms with E-state index in [2.05, 4.69) is 46.3 Å². The topological polar surface area (TPSA) is 37.3 Å². The van der Waals surface area contributed by atoms with Crippen LogP contribution in [0, 0.1) is 5.92 Å². The van der Waals surface area contributed by atoms with E-state index < -0.39 is 0 Å². The van der Waals surface area contributed by atoms with Crippen molar-refractivity contribution in [2.24, 2.45) is 11.0 Å². The van der Waals surface area contributed by atoms with Gasteiger partial charge in [0.15, 0.2) is 0 Å². The fourth-order valence-electron chi connectivity index (χ4n) is 3.78. The molecule has 0 spiro atoms. The van der Waals surface area contributed by atoms with Crippen LogP contribution in [0.4, 0.5) is 0 Å². The van der Waals surface area contributed by atoms with Crippen LogP contribution in [0.15, 0.2) is 59.7 Å². The summed E-state index contributed by atoms with van der Waals surface area (Å²) >= 11 is 0. The maximum absolute atomic E-state index is 5.95. The molecule has 1 saturated heterocycles. The number of hydrogen-bond donors (Lipinski definition) is 0. The van der Waals surface area contributed by atoms with Crippen LogP contribution in [0.3, 0.4) is 0 Å². The van der Waals surface area contributed by atoms with Gasteiger partial charge in [0.1, 0.15) is 12.5 Å². The summed E-state index contributed by atoms with van der Waals surface area (Å²) in [4.78, 5) is 2.50. The molecule has 2 aliphatic rings. The van der Waals surface area contributed by atoms with Crippen molar-refractivity contribution in [1.29, 1.82) is 0 Å². The average molecular weight is 365 g/mol. The molecule has 2 aromatic rings.